The van der Waals surface area contributed by atoms with E-state index in [1.165, 1.54) is 0 Å². The molecule has 0 aromatic heterocycles. The first kappa shape index (κ1) is 13.4. The largest absolute Gasteiger partial charge is 0.444 e. The molecule has 0 fully saturated rings. The number of nitrogens with one attached hydrogen (secondary N) is 1. The number of ether oxygens (including phenoxy) is 1. The Morgan fingerprint density at radius 1 is 1.24 bits per heavy atom. The summed E-state index contributed by atoms with van der Waals surface area (Å²) in [5, 5.41) is 2.65. The van der Waals surface area contributed by atoms with Crippen molar-refractivity contribution in [3.63, 3.8) is 0 Å². The second kappa shape index (κ2) is 4.65. The number of nitrogens with two attached hydrogens (primary N) is 1. The summed E-state index contributed by atoms with van der Waals surface area (Å²) >= 11 is 0. The normalized spacial score (nSPS) is 11.1. The highest BCUT2D eigenvalue weighted by molar-refractivity contribution is 5.89. The van der Waals surface area contributed by atoms with Crippen LogP contribution in [0.4, 0.5) is 16.2 Å². The van der Waals surface area contributed by atoms with E-state index in [4.69, 9.17) is 10.5 Å². The van der Waals surface area contributed by atoms with E-state index >= 15 is 0 Å². The average Bonchev–Trinajstić information content (AvgIpc) is 2.11. The summed E-state index contributed by atoms with van der Waals surface area (Å²) in [5.41, 5.74) is 8.61. The monoisotopic (exact) mass is 236 g/mol. The van der Waals surface area contributed by atoms with E-state index in [0.717, 1.165) is 11.1 Å². The number of hydrogen-bond donors (Lipinski definition) is 2. The number of aryl methyl sites for hydroxylation is 2. The predicted molar refractivity (Wildman–Crippen MR) is 70.2 cm³/mol. The highest BCUT2D eigenvalue weighted by Gasteiger charge is 2.17. The van der Waals surface area contributed by atoms with Gasteiger partial charge < -0.3 is 10.5 Å². The number of carbonyl (C=O) groups excluding carboxylic acids is 1. The van der Waals surface area contributed by atoms with Gasteiger partial charge in [0.05, 0.1) is 11.4 Å². The molecule has 0 bridgehead atoms. The van der Waals surface area contributed by atoms with Gasteiger partial charge in [-0.2, -0.15) is 0 Å². The second-order valence-electron chi connectivity index (χ2n) is 5.15. The lowest BCUT2D eigenvalue weighted by Crippen LogP contribution is -2.27. The molecule has 17 heavy (non-hydrogen) atoms. The lowest BCUT2D eigenvalue weighted by Gasteiger charge is -2.20. The number of nitrogen functional groups attached to an aromatic ring is 1. The highest BCUT2D eigenvalue weighted by Crippen LogP contribution is 2.23. The highest BCUT2D eigenvalue weighted by atomic mass is 16.6. The van der Waals surface area contributed by atoms with Gasteiger partial charge in [0.15, 0.2) is 0 Å². The SMILES string of the molecule is Cc1cc(N)c(NC(=O)OC(C)(C)C)cc1C. The van der Waals surface area contributed by atoms with Crippen molar-refractivity contribution in [1.29, 1.82) is 0 Å². The third-order valence-corrected chi connectivity index (χ3v) is 2.30. The van der Waals surface area contributed by atoms with Crippen molar-refractivity contribution in [2.45, 2.75) is 40.2 Å². The van der Waals surface area contributed by atoms with Gasteiger partial charge in [-0.3, -0.25) is 5.32 Å². The Kier molecular flexibility index (Phi) is 3.66. The van der Waals surface area contributed by atoms with Crippen molar-refractivity contribution in [2.24, 2.45) is 0 Å². The third kappa shape index (κ3) is 3.98. The van der Waals surface area contributed by atoms with Crippen molar-refractivity contribution in [3.05, 3.63) is 23.3 Å². The zero-order chi connectivity index (χ0) is 13.2. The molecule has 0 unspecified atom stereocenters. The van der Waals surface area contributed by atoms with Crippen LogP contribution in [0, 0.1) is 13.8 Å². The molecule has 3 N–H and O–H groups in total. The summed E-state index contributed by atoms with van der Waals surface area (Å²) in [6, 6.07) is 3.68. The molecule has 0 spiro atoms. The molecule has 0 heterocycles. The number of benzene rings is 1. The number of rotatable bonds is 1. The lowest BCUT2D eigenvalue weighted by atomic mass is 10.1. The van der Waals surface area contributed by atoms with Crippen LogP contribution in [0.5, 0.6) is 0 Å². The van der Waals surface area contributed by atoms with Crippen LogP contribution in [0.1, 0.15) is 31.9 Å². The minimum Gasteiger partial charge on any atom is -0.444 e. The Morgan fingerprint density at radius 3 is 2.29 bits per heavy atom. The maximum atomic E-state index is 11.6. The van der Waals surface area contributed by atoms with Crippen LogP contribution in [-0.4, -0.2) is 11.7 Å². The van der Waals surface area contributed by atoms with Crippen molar-refractivity contribution in [2.75, 3.05) is 11.1 Å². The summed E-state index contributed by atoms with van der Waals surface area (Å²) < 4.78 is 5.16. The molecule has 1 aromatic rings. The van der Waals surface area contributed by atoms with Crippen LogP contribution in [0.2, 0.25) is 0 Å². The van der Waals surface area contributed by atoms with Crippen LogP contribution in [0.25, 0.3) is 0 Å². The molecule has 1 aromatic carbocycles. The standard InChI is InChI=1S/C13H20N2O2/c1-8-6-10(14)11(7-9(8)2)15-12(16)17-13(3,4)5/h6-7H,14H2,1-5H3,(H,15,16). The number of anilines is 2. The molecule has 94 valence electrons. The van der Waals surface area contributed by atoms with Gasteiger partial charge in [-0.1, -0.05) is 0 Å². The topological polar surface area (TPSA) is 64.3 Å². The fraction of sp³-hybridized carbons (Fsp3) is 0.462. The van der Waals surface area contributed by atoms with Crippen LogP contribution in [0.3, 0.4) is 0 Å². The Balaban J connectivity index is 2.82. The molecule has 0 saturated heterocycles. The van der Waals surface area contributed by atoms with E-state index in [1.54, 1.807) is 0 Å². The predicted octanol–water partition coefficient (Wildman–Crippen LogP) is 3.23. The summed E-state index contributed by atoms with van der Waals surface area (Å²) in [5.74, 6) is 0. The maximum Gasteiger partial charge on any atom is 0.412 e. The Morgan fingerprint density at radius 2 is 1.76 bits per heavy atom. The number of hydrogen-bond acceptors (Lipinski definition) is 3. The summed E-state index contributed by atoms with van der Waals surface area (Å²) in [7, 11) is 0. The summed E-state index contributed by atoms with van der Waals surface area (Å²) in [6.45, 7) is 9.39. The summed E-state index contributed by atoms with van der Waals surface area (Å²) in [6.07, 6.45) is -0.493. The van der Waals surface area contributed by atoms with E-state index in [-0.39, 0.29) is 0 Å². The molecule has 0 radical (unpaired) electrons. The second-order valence-corrected chi connectivity index (χ2v) is 5.15. The van der Waals surface area contributed by atoms with Gasteiger partial charge in [0.1, 0.15) is 5.60 Å². The van der Waals surface area contributed by atoms with Gasteiger partial charge in [0.25, 0.3) is 0 Å². The number of carbonyl (C=O) groups is 1. The molecule has 1 amide bonds. The van der Waals surface area contributed by atoms with Crippen molar-refractivity contribution in [1.82, 2.24) is 0 Å². The first-order valence-electron chi connectivity index (χ1n) is 5.56. The van der Waals surface area contributed by atoms with Crippen LogP contribution in [-0.2, 0) is 4.74 Å². The van der Waals surface area contributed by atoms with Crippen molar-refractivity contribution >= 4 is 17.5 Å². The Labute approximate surface area is 102 Å². The van der Waals surface area contributed by atoms with Gasteiger partial charge in [-0.05, 0) is 57.9 Å². The van der Waals surface area contributed by atoms with Crippen LogP contribution < -0.4 is 11.1 Å². The molecule has 0 aliphatic rings. The molecule has 4 heteroatoms. The molecular formula is C13H20N2O2. The third-order valence-electron chi connectivity index (χ3n) is 2.30. The zero-order valence-corrected chi connectivity index (χ0v) is 11.0. The average molecular weight is 236 g/mol. The molecule has 4 nitrogen and oxygen atoms in total. The van der Waals surface area contributed by atoms with Crippen molar-refractivity contribution in [3.8, 4) is 0 Å². The van der Waals surface area contributed by atoms with E-state index in [2.05, 4.69) is 5.32 Å². The van der Waals surface area contributed by atoms with Gasteiger partial charge in [-0.15, -0.1) is 0 Å². The molecule has 1 rings (SSSR count). The smallest absolute Gasteiger partial charge is 0.412 e. The first-order valence-corrected chi connectivity index (χ1v) is 5.56. The first-order chi connectivity index (χ1) is 7.69. The molecule has 0 saturated carbocycles. The molecule has 0 aliphatic heterocycles. The Hall–Kier alpha value is -1.71. The molecular weight excluding hydrogens is 216 g/mol. The van der Waals surface area contributed by atoms with Crippen LogP contribution in [0.15, 0.2) is 12.1 Å². The van der Waals surface area contributed by atoms with E-state index in [9.17, 15) is 4.79 Å². The van der Waals surface area contributed by atoms with E-state index in [1.807, 2.05) is 46.8 Å². The Bertz CT molecular complexity index is 434. The molecule has 0 aliphatic carbocycles. The van der Waals surface area contributed by atoms with Crippen LogP contribution >= 0.6 is 0 Å². The van der Waals surface area contributed by atoms with E-state index < -0.39 is 11.7 Å². The zero-order valence-electron chi connectivity index (χ0n) is 11.0. The van der Waals surface area contributed by atoms with Gasteiger partial charge >= 0.3 is 6.09 Å². The van der Waals surface area contributed by atoms with Gasteiger partial charge in [0, 0.05) is 0 Å². The quantitative estimate of drug-likeness (QED) is 0.736. The minimum atomic E-state index is -0.515. The number of amides is 1. The fourth-order valence-corrected chi connectivity index (χ4v) is 1.36. The lowest BCUT2D eigenvalue weighted by molar-refractivity contribution is 0.0636. The maximum absolute atomic E-state index is 11.6. The van der Waals surface area contributed by atoms with Crippen molar-refractivity contribution < 1.29 is 9.53 Å². The minimum absolute atomic E-state index is 0.493. The van der Waals surface area contributed by atoms with Gasteiger partial charge in [0.2, 0.25) is 0 Å². The van der Waals surface area contributed by atoms with Gasteiger partial charge in [-0.25, -0.2) is 4.79 Å². The summed E-state index contributed by atoms with van der Waals surface area (Å²) in [4.78, 5) is 11.6. The van der Waals surface area contributed by atoms with E-state index in [0.29, 0.717) is 11.4 Å². The molecule has 0 atom stereocenters. The fourth-order valence-electron chi connectivity index (χ4n) is 1.36.